The van der Waals surface area contributed by atoms with E-state index in [1.807, 2.05) is 0 Å². The number of nitrogens with zero attached hydrogens (tertiary/aromatic N) is 1. The molecule has 0 saturated heterocycles. The van der Waals surface area contributed by atoms with Gasteiger partial charge in [0.1, 0.15) is 11.6 Å². The number of rotatable bonds is 3. The van der Waals surface area contributed by atoms with E-state index in [2.05, 4.69) is 26.6 Å². The maximum atomic E-state index is 14.0. The summed E-state index contributed by atoms with van der Waals surface area (Å²) in [5, 5.41) is 5.37. The predicted molar refractivity (Wildman–Crippen MR) is 121 cm³/mol. The van der Waals surface area contributed by atoms with Gasteiger partial charge in [0, 0.05) is 27.8 Å². The molecule has 1 unspecified atom stereocenters. The van der Waals surface area contributed by atoms with Crippen molar-refractivity contribution < 1.29 is 31.5 Å². The van der Waals surface area contributed by atoms with Crippen molar-refractivity contribution in [2.24, 2.45) is 0 Å². The third-order valence-corrected chi connectivity index (χ3v) is 6.67. The highest BCUT2D eigenvalue weighted by Crippen LogP contribution is 2.48. The first-order chi connectivity index (χ1) is 16.5. The summed E-state index contributed by atoms with van der Waals surface area (Å²) in [6.45, 7) is 0.374. The monoisotopic (exact) mass is 551 g/mol. The lowest BCUT2D eigenvalue weighted by Gasteiger charge is -2.34. The zero-order chi connectivity index (χ0) is 25.1. The number of hydrogen-bond donors (Lipinski definition) is 2. The molecule has 0 aromatic heterocycles. The van der Waals surface area contributed by atoms with Crippen LogP contribution in [-0.2, 0) is 12.6 Å². The van der Waals surface area contributed by atoms with E-state index >= 15 is 0 Å². The van der Waals surface area contributed by atoms with Crippen molar-refractivity contribution in [3.05, 3.63) is 92.5 Å². The van der Waals surface area contributed by atoms with Crippen molar-refractivity contribution in [1.29, 1.82) is 0 Å². The maximum Gasteiger partial charge on any atom is 0.416 e. The van der Waals surface area contributed by atoms with Crippen LogP contribution in [0.5, 0.6) is 0 Å². The smallest absolute Gasteiger partial charge is 0.327 e. The van der Waals surface area contributed by atoms with Crippen LogP contribution in [0.1, 0.15) is 38.7 Å². The summed E-state index contributed by atoms with van der Waals surface area (Å²) in [4.78, 5) is 27.3. The maximum absolute atomic E-state index is 14.0. The number of urea groups is 1. The molecule has 180 valence electrons. The number of anilines is 2. The SMILES string of the molecule is O=C(Nc1cc(Br)c2c3c1C(c1cccc(F)c1)NC(=O)N3CC2)c1cc(F)cc(C(F)(F)F)c1. The molecule has 3 aromatic carbocycles. The van der Waals surface area contributed by atoms with Crippen LogP contribution in [0.25, 0.3) is 0 Å². The number of alkyl halides is 3. The van der Waals surface area contributed by atoms with Gasteiger partial charge in [-0.2, -0.15) is 13.2 Å². The van der Waals surface area contributed by atoms with Crippen LogP contribution < -0.4 is 15.5 Å². The fourth-order valence-electron chi connectivity index (χ4n) is 4.46. The molecule has 0 aliphatic carbocycles. The topological polar surface area (TPSA) is 61.4 Å². The first-order valence-electron chi connectivity index (χ1n) is 10.4. The van der Waals surface area contributed by atoms with E-state index in [1.165, 1.54) is 23.1 Å². The van der Waals surface area contributed by atoms with Crippen molar-refractivity contribution in [2.75, 3.05) is 16.8 Å². The lowest BCUT2D eigenvalue weighted by atomic mass is 9.91. The van der Waals surface area contributed by atoms with Crippen LogP contribution in [0.15, 0.2) is 53.0 Å². The predicted octanol–water partition coefficient (Wildman–Crippen LogP) is 6.17. The fraction of sp³-hybridized carbons (Fsp3) is 0.167. The molecule has 35 heavy (non-hydrogen) atoms. The number of carbonyl (C=O) groups is 2. The molecule has 11 heteroatoms. The largest absolute Gasteiger partial charge is 0.416 e. The quantitative estimate of drug-likeness (QED) is 0.382. The molecule has 2 aliphatic rings. The Labute approximate surface area is 204 Å². The van der Waals surface area contributed by atoms with Crippen LogP contribution in [-0.4, -0.2) is 18.5 Å². The zero-order valence-electron chi connectivity index (χ0n) is 17.6. The Morgan fingerprint density at radius 2 is 1.86 bits per heavy atom. The molecule has 3 aromatic rings. The molecular formula is C24H15BrF5N3O2. The third kappa shape index (κ3) is 4.13. The highest BCUT2D eigenvalue weighted by atomic mass is 79.9. The molecular weight excluding hydrogens is 537 g/mol. The number of amides is 3. The average Bonchev–Trinajstić information content (AvgIpc) is 3.23. The summed E-state index contributed by atoms with van der Waals surface area (Å²) in [7, 11) is 0. The van der Waals surface area contributed by atoms with Crippen molar-refractivity contribution in [1.82, 2.24) is 5.32 Å². The summed E-state index contributed by atoms with van der Waals surface area (Å²) in [6.07, 6.45) is -4.31. The Morgan fingerprint density at radius 1 is 1.09 bits per heavy atom. The zero-order valence-corrected chi connectivity index (χ0v) is 19.2. The van der Waals surface area contributed by atoms with Crippen LogP contribution in [0.4, 0.5) is 38.1 Å². The van der Waals surface area contributed by atoms with Gasteiger partial charge < -0.3 is 10.6 Å². The molecule has 0 fully saturated rings. The number of carbonyl (C=O) groups excluding carboxylic acids is 2. The van der Waals surface area contributed by atoms with Crippen molar-refractivity contribution in [3.8, 4) is 0 Å². The Kier molecular flexibility index (Phi) is 5.54. The molecule has 3 amide bonds. The molecule has 2 N–H and O–H groups in total. The van der Waals surface area contributed by atoms with Gasteiger partial charge in [0.25, 0.3) is 5.91 Å². The van der Waals surface area contributed by atoms with Crippen molar-refractivity contribution in [3.63, 3.8) is 0 Å². The van der Waals surface area contributed by atoms with E-state index in [0.717, 1.165) is 5.56 Å². The molecule has 5 nitrogen and oxygen atoms in total. The van der Waals surface area contributed by atoms with Gasteiger partial charge in [-0.3, -0.25) is 9.69 Å². The minimum atomic E-state index is -4.84. The van der Waals surface area contributed by atoms with Crippen LogP contribution >= 0.6 is 15.9 Å². The first-order valence-corrected chi connectivity index (χ1v) is 11.2. The normalized spacial score (nSPS) is 16.7. The third-order valence-electron chi connectivity index (χ3n) is 5.96. The Balaban J connectivity index is 1.63. The summed E-state index contributed by atoms with van der Waals surface area (Å²) in [5.74, 6) is -2.71. The van der Waals surface area contributed by atoms with Gasteiger partial charge in [0.15, 0.2) is 0 Å². The van der Waals surface area contributed by atoms with Gasteiger partial charge in [0.2, 0.25) is 0 Å². The standard InChI is InChI=1S/C24H15BrF5N3O2/c25-17-10-18(31-22(34)12-6-13(24(28,29)30)9-15(27)8-12)19-20(11-2-1-3-14(26)7-11)32-23(35)33-5-4-16(17)21(19)33/h1-3,6-10,20H,4-5H2,(H,31,34)(H,32,35). The number of halogens is 6. The molecule has 5 rings (SSSR count). The Morgan fingerprint density at radius 3 is 2.57 bits per heavy atom. The molecule has 0 bridgehead atoms. The second-order valence-electron chi connectivity index (χ2n) is 8.17. The molecule has 0 radical (unpaired) electrons. The van der Waals surface area contributed by atoms with Crippen LogP contribution in [0.2, 0.25) is 0 Å². The van der Waals surface area contributed by atoms with Crippen molar-refractivity contribution in [2.45, 2.75) is 18.6 Å². The van der Waals surface area contributed by atoms with E-state index in [9.17, 15) is 31.5 Å². The number of benzene rings is 3. The molecule has 0 saturated carbocycles. The summed E-state index contributed by atoms with van der Waals surface area (Å²) >= 11 is 3.44. The highest BCUT2D eigenvalue weighted by Gasteiger charge is 2.40. The van der Waals surface area contributed by atoms with Gasteiger partial charge in [-0.15, -0.1) is 0 Å². The van der Waals surface area contributed by atoms with Gasteiger partial charge in [-0.1, -0.05) is 28.1 Å². The Bertz CT molecular complexity index is 1390. The van der Waals surface area contributed by atoms with Gasteiger partial charge in [0.05, 0.1) is 17.3 Å². The number of nitrogens with one attached hydrogen (secondary N) is 2. The van der Waals surface area contributed by atoms with Crippen LogP contribution in [0.3, 0.4) is 0 Å². The lowest BCUT2D eigenvalue weighted by Crippen LogP contribution is -2.46. The van der Waals surface area contributed by atoms with Crippen molar-refractivity contribution >= 4 is 39.2 Å². The molecule has 0 spiro atoms. The van der Waals surface area contributed by atoms with E-state index in [0.29, 0.717) is 52.5 Å². The second-order valence-corrected chi connectivity index (χ2v) is 9.02. The highest BCUT2D eigenvalue weighted by molar-refractivity contribution is 9.10. The average molecular weight is 552 g/mol. The van der Waals surface area contributed by atoms with Gasteiger partial charge in [-0.05, 0) is 53.9 Å². The summed E-state index contributed by atoms with van der Waals surface area (Å²) < 4.78 is 67.9. The first kappa shape index (κ1) is 23.3. The van der Waals surface area contributed by atoms with E-state index in [-0.39, 0.29) is 5.69 Å². The van der Waals surface area contributed by atoms with Gasteiger partial charge in [-0.25, -0.2) is 13.6 Å². The fourth-order valence-corrected chi connectivity index (χ4v) is 5.08. The summed E-state index contributed by atoms with van der Waals surface area (Å²) in [6, 6.07) is 7.48. The summed E-state index contributed by atoms with van der Waals surface area (Å²) in [5.41, 5.74) is 0.555. The van der Waals surface area contributed by atoms with E-state index < -0.39 is 46.9 Å². The lowest BCUT2D eigenvalue weighted by molar-refractivity contribution is -0.137. The molecule has 2 aliphatic heterocycles. The van der Waals surface area contributed by atoms with E-state index in [4.69, 9.17) is 0 Å². The second kappa shape index (κ2) is 8.33. The number of hydrogen-bond acceptors (Lipinski definition) is 2. The minimum absolute atomic E-state index is 0.180. The van der Waals surface area contributed by atoms with Crippen LogP contribution in [0, 0.1) is 11.6 Å². The Hall–Kier alpha value is -3.47. The molecule has 2 heterocycles. The molecule has 1 atom stereocenters. The van der Waals surface area contributed by atoms with E-state index in [1.54, 1.807) is 12.1 Å². The van der Waals surface area contributed by atoms with Gasteiger partial charge >= 0.3 is 12.2 Å². The minimum Gasteiger partial charge on any atom is -0.327 e.